The van der Waals surface area contributed by atoms with Gasteiger partial charge in [0.25, 0.3) is 5.56 Å². The molecule has 0 radical (unpaired) electrons. The lowest BCUT2D eigenvalue weighted by atomic mass is 10.0. The number of halogens is 1. The van der Waals surface area contributed by atoms with Crippen molar-refractivity contribution in [2.24, 2.45) is 0 Å². The number of benzene rings is 3. The van der Waals surface area contributed by atoms with E-state index in [1.54, 1.807) is 42.4 Å². The minimum Gasteiger partial charge on any atom is -0.497 e. The average molecular weight is 541 g/mol. The fourth-order valence-corrected chi connectivity index (χ4v) is 4.40. The lowest BCUT2D eigenvalue weighted by Gasteiger charge is -2.13. The zero-order valence-electron chi connectivity index (χ0n) is 21.4. The van der Waals surface area contributed by atoms with Gasteiger partial charge >= 0.3 is 0 Å². The van der Waals surface area contributed by atoms with Crippen LogP contribution in [0.15, 0.2) is 96.1 Å². The highest BCUT2D eigenvalue weighted by Crippen LogP contribution is 2.28. The van der Waals surface area contributed by atoms with Gasteiger partial charge in [0.05, 0.1) is 31.1 Å². The quantitative estimate of drug-likeness (QED) is 0.237. The largest absolute Gasteiger partial charge is 0.497 e. The summed E-state index contributed by atoms with van der Waals surface area (Å²) in [7, 11) is 1.54. The molecule has 0 unspecified atom stereocenters. The predicted octanol–water partition coefficient (Wildman–Crippen LogP) is 5.26. The van der Waals surface area contributed by atoms with E-state index >= 15 is 0 Å². The van der Waals surface area contributed by atoms with Crippen LogP contribution in [0, 0.1) is 6.92 Å². The van der Waals surface area contributed by atoms with E-state index in [1.807, 2.05) is 55.5 Å². The van der Waals surface area contributed by atoms with Crippen LogP contribution < -0.4 is 15.0 Å². The Morgan fingerprint density at radius 1 is 0.974 bits per heavy atom. The molecule has 0 bridgehead atoms. The smallest absolute Gasteiger partial charge is 0.255 e. The fraction of sp³-hybridized carbons (Fsp3) is 0.133. The molecule has 0 N–H and O–H groups in total. The molecule has 0 aliphatic heterocycles. The van der Waals surface area contributed by atoms with Gasteiger partial charge in [0, 0.05) is 28.9 Å². The van der Waals surface area contributed by atoms with E-state index in [0.717, 1.165) is 11.1 Å². The number of para-hydroxylation sites is 1. The van der Waals surface area contributed by atoms with Crippen LogP contribution in [-0.2, 0) is 13.2 Å². The summed E-state index contributed by atoms with van der Waals surface area (Å²) in [5.41, 5.74) is 3.66. The highest BCUT2D eigenvalue weighted by atomic mass is 35.5. The van der Waals surface area contributed by atoms with Gasteiger partial charge in [0.1, 0.15) is 23.8 Å². The number of pyridine rings is 1. The summed E-state index contributed by atoms with van der Waals surface area (Å²) in [5.74, 6) is 0.577. The van der Waals surface area contributed by atoms with Gasteiger partial charge in [-0.1, -0.05) is 47.1 Å². The molecular formula is C30H25ClN4O4. The summed E-state index contributed by atoms with van der Waals surface area (Å²) in [6, 6.07) is 22.9. The number of carbonyl (C=O) groups excluding carboxylic acids is 1. The van der Waals surface area contributed by atoms with E-state index in [0.29, 0.717) is 45.6 Å². The van der Waals surface area contributed by atoms with Crippen molar-refractivity contribution in [1.29, 1.82) is 0 Å². The van der Waals surface area contributed by atoms with Crippen LogP contribution in [-0.4, -0.2) is 32.5 Å². The van der Waals surface area contributed by atoms with Crippen LogP contribution >= 0.6 is 11.6 Å². The standard InChI is InChI=1S/C30H25ClN4O4/c1-20-6-3-4-9-27(20)35-17-22(10-13-29(35)36)30(37)26-12-11-25(38-2)15-28(26)39-19-24-18-34(33-32-24)16-21-7-5-8-23(31)14-21/h3-15,17-18H,16,19H2,1-2H3. The second-order valence-electron chi connectivity index (χ2n) is 8.93. The molecule has 8 nitrogen and oxygen atoms in total. The first-order chi connectivity index (χ1) is 18.9. The van der Waals surface area contributed by atoms with Gasteiger partial charge in [-0.25, -0.2) is 4.68 Å². The molecule has 196 valence electrons. The number of nitrogens with zero attached hydrogens (tertiary/aromatic N) is 4. The van der Waals surface area contributed by atoms with Crippen LogP contribution in [0.3, 0.4) is 0 Å². The minimum absolute atomic E-state index is 0.0890. The van der Waals surface area contributed by atoms with Crippen LogP contribution in [0.5, 0.6) is 11.5 Å². The van der Waals surface area contributed by atoms with E-state index in [1.165, 1.54) is 16.7 Å². The van der Waals surface area contributed by atoms with Gasteiger partial charge in [-0.05, 0) is 54.4 Å². The number of ether oxygens (including phenoxy) is 2. The Kier molecular flexibility index (Phi) is 7.56. The normalized spacial score (nSPS) is 10.8. The van der Waals surface area contributed by atoms with Crippen molar-refractivity contribution in [3.8, 4) is 17.2 Å². The second-order valence-corrected chi connectivity index (χ2v) is 9.37. The molecule has 3 aromatic carbocycles. The van der Waals surface area contributed by atoms with Crippen molar-refractivity contribution >= 4 is 17.4 Å². The number of hydrogen-bond acceptors (Lipinski definition) is 6. The monoisotopic (exact) mass is 540 g/mol. The van der Waals surface area contributed by atoms with Crippen molar-refractivity contribution in [2.45, 2.75) is 20.1 Å². The summed E-state index contributed by atoms with van der Waals surface area (Å²) in [4.78, 5) is 26.2. The first kappa shape index (κ1) is 25.9. The third kappa shape index (κ3) is 5.91. The summed E-state index contributed by atoms with van der Waals surface area (Å²) in [6.07, 6.45) is 3.34. The highest BCUT2D eigenvalue weighted by molar-refractivity contribution is 6.30. The third-order valence-corrected chi connectivity index (χ3v) is 6.41. The predicted molar refractivity (Wildman–Crippen MR) is 148 cm³/mol. The minimum atomic E-state index is -0.292. The highest BCUT2D eigenvalue weighted by Gasteiger charge is 2.18. The van der Waals surface area contributed by atoms with Crippen molar-refractivity contribution in [2.75, 3.05) is 7.11 Å². The van der Waals surface area contributed by atoms with Crippen LogP contribution in [0.2, 0.25) is 5.02 Å². The molecular weight excluding hydrogens is 516 g/mol. The van der Waals surface area contributed by atoms with Crippen LogP contribution in [0.4, 0.5) is 0 Å². The topological polar surface area (TPSA) is 88.2 Å². The molecule has 0 saturated carbocycles. The van der Waals surface area contributed by atoms with Gasteiger partial charge < -0.3 is 9.47 Å². The van der Waals surface area contributed by atoms with E-state index < -0.39 is 0 Å². The van der Waals surface area contributed by atoms with E-state index in [4.69, 9.17) is 21.1 Å². The van der Waals surface area contributed by atoms with Crippen molar-refractivity contribution in [3.05, 3.63) is 135 Å². The lowest BCUT2D eigenvalue weighted by molar-refractivity contribution is 0.103. The first-order valence-electron chi connectivity index (χ1n) is 12.2. The zero-order valence-corrected chi connectivity index (χ0v) is 22.1. The third-order valence-electron chi connectivity index (χ3n) is 6.18. The number of ketones is 1. The SMILES string of the molecule is COc1ccc(C(=O)c2ccc(=O)n(-c3ccccc3C)c2)c(OCc2cn(Cc3cccc(Cl)c3)nn2)c1. The average Bonchev–Trinajstić information content (AvgIpc) is 3.39. The van der Waals surface area contributed by atoms with Gasteiger partial charge in [-0.2, -0.15) is 0 Å². The molecule has 0 aliphatic rings. The lowest BCUT2D eigenvalue weighted by Crippen LogP contribution is -2.19. The first-order valence-corrected chi connectivity index (χ1v) is 12.6. The van der Waals surface area contributed by atoms with E-state index in [9.17, 15) is 9.59 Å². The van der Waals surface area contributed by atoms with Crippen molar-refractivity contribution < 1.29 is 14.3 Å². The molecule has 0 aliphatic carbocycles. The van der Waals surface area contributed by atoms with E-state index in [2.05, 4.69) is 10.3 Å². The van der Waals surface area contributed by atoms with Crippen LogP contribution in [0.25, 0.3) is 5.69 Å². The zero-order chi connectivity index (χ0) is 27.4. The number of hydrogen-bond donors (Lipinski definition) is 0. The summed E-state index contributed by atoms with van der Waals surface area (Å²) >= 11 is 6.08. The maximum atomic E-state index is 13.6. The Bertz CT molecular complexity index is 1710. The number of aromatic nitrogens is 4. The number of carbonyl (C=O) groups is 1. The maximum absolute atomic E-state index is 13.6. The van der Waals surface area contributed by atoms with Gasteiger partial charge in [0.2, 0.25) is 0 Å². The molecule has 0 spiro atoms. The van der Waals surface area contributed by atoms with Gasteiger partial charge in [-0.3, -0.25) is 14.2 Å². The molecule has 0 amide bonds. The molecule has 39 heavy (non-hydrogen) atoms. The van der Waals surface area contributed by atoms with Crippen molar-refractivity contribution in [1.82, 2.24) is 19.6 Å². The number of rotatable bonds is 9. The molecule has 0 atom stereocenters. The van der Waals surface area contributed by atoms with Gasteiger partial charge in [-0.15, -0.1) is 5.10 Å². The molecule has 0 fully saturated rings. The van der Waals surface area contributed by atoms with Crippen LogP contribution in [0.1, 0.15) is 32.7 Å². The molecule has 2 aromatic heterocycles. The molecule has 5 aromatic rings. The number of methoxy groups -OCH3 is 1. The second kappa shape index (κ2) is 11.4. The van der Waals surface area contributed by atoms with E-state index in [-0.39, 0.29) is 17.9 Å². The summed E-state index contributed by atoms with van der Waals surface area (Å²) in [6.45, 7) is 2.51. The maximum Gasteiger partial charge on any atom is 0.255 e. The fourth-order valence-electron chi connectivity index (χ4n) is 4.19. The molecule has 2 heterocycles. The Morgan fingerprint density at radius 3 is 2.62 bits per heavy atom. The molecule has 0 saturated heterocycles. The summed E-state index contributed by atoms with van der Waals surface area (Å²) in [5, 5.41) is 9.01. The number of aryl methyl sites for hydroxylation is 1. The van der Waals surface area contributed by atoms with Gasteiger partial charge in [0.15, 0.2) is 5.78 Å². The molecule has 9 heteroatoms. The Hall–Kier alpha value is -4.69. The Labute approximate surface area is 230 Å². The summed E-state index contributed by atoms with van der Waals surface area (Å²) < 4.78 is 14.6. The Morgan fingerprint density at radius 2 is 1.82 bits per heavy atom. The molecule has 5 rings (SSSR count). The van der Waals surface area contributed by atoms with Crippen molar-refractivity contribution in [3.63, 3.8) is 0 Å². The Balaban J connectivity index is 1.39.